The van der Waals surface area contributed by atoms with Crippen molar-refractivity contribution in [3.05, 3.63) is 23.2 Å². The number of rotatable bonds is 3. The lowest BCUT2D eigenvalue weighted by Gasteiger charge is -2.19. The Balaban J connectivity index is 1.94. The lowest BCUT2D eigenvalue weighted by atomic mass is 10.1. The largest absolute Gasteiger partial charge is 0.398 e. The van der Waals surface area contributed by atoms with E-state index in [0.29, 0.717) is 16.5 Å². The zero-order valence-electron chi connectivity index (χ0n) is 11.2. The summed E-state index contributed by atoms with van der Waals surface area (Å²) >= 11 is 6.06. The van der Waals surface area contributed by atoms with Crippen LogP contribution < -0.4 is 5.73 Å². The summed E-state index contributed by atoms with van der Waals surface area (Å²) in [7, 11) is 0. The van der Waals surface area contributed by atoms with Crippen molar-refractivity contribution >= 4 is 17.3 Å². The van der Waals surface area contributed by atoms with Gasteiger partial charge in [0.15, 0.2) is 5.82 Å². The van der Waals surface area contributed by atoms with Crippen LogP contribution >= 0.6 is 11.6 Å². The Hall–Kier alpha value is -1.66. The first-order valence-corrected chi connectivity index (χ1v) is 6.99. The molecule has 1 fully saturated rings. The molecule has 1 aliphatic heterocycles. The summed E-state index contributed by atoms with van der Waals surface area (Å²) in [6, 6.07) is 5.49. The maximum atomic E-state index is 6.06. The predicted octanol–water partition coefficient (Wildman–Crippen LogP) is 2.32. The van der Waals surface area contributed by atoms with Gasteiger partial charge < -0.3 is 10.5 Å². The zero-order valence-corrected chi connectivity index (χ0v) is 11.9. The number of nitrogens with zero attached hydrogens (tertiary/aromatic N) is 4. The monoisotopic (exact) mass is 293 g/mol. The van der Waals surface area contributed by atoms with E-state index in [-0.39, 0.29) is 12.1 Å². The number of anilines is 1. The molecular formula is C13H16ClN5O. The summed E-state index contributed by atoms with van der Waals surface area (Å²) in [6.45, 7) is 2.87. The van der Waals surface area contributed by atoms with Gasteiger partial charge in [-0.1, -0.05) is 11.6 Å². The fourth-order valence-corrected chi connectivity index (χ4v) is 2.65. The van der Waals surface area contributed by atoms with Crippen LogP contribution in [0, 0.1) is 0 Å². The maximum Gasteiger partial charge on any atom is 0.182 e. The number of benzene rings is 1. The van der Waals surface area contributed by atoms with Crippen molar-refractivity contribution in [2.45, 2.75) is 31.9 Å². The molecule has 6 nitrogen and oxygen atoms in total. The third-order valence-corrected chi connectivity index (χ3v) is 3.97. The quantitative estimate of drug-likeness (QED) is 0.879. The first kappa shape index (κ1) is 13.3. The second-order valence-electron chi connectivity index (χ2n) is 4.98. The molecule has 0 bridgehead atoms. The minimum absolute atomic E-state index is 0.0822. The van der Waals surface area contributed by atoms with E-state index in [4.69, 9.17) is 22.1 Å². The SMILES string of the molecule is CC(C1CCCO1)n1nnnc1-c1ccc(N)c(Cl)c1. The molecule has 2 aromatic rings. The van der Waals surface area contributed by atoms with Gasteiger partial charge >= 0.3 is 0 Å². The maximum absolute atomic E-state index is 6.06. The molecule has 1 aromatic heterocycles. The first-order valence-electron chi connectivity index (χ1n) is 6.61. The number of hydrogen-bond acceptors (Lipinski definition) is 5. The van der Waals surface area contributed by atoms with Crippen molar-refractivity contribution in [3.8, 4) is 11.4 Å². The third kappa shape index (κ3) is 2.36. The van der Waals surface area contributed by atoms with Gasteiger partial charge in [-0.05, 0) is 48.4 Å². The van der Waals surface area contributed by atoms with Gasteiger partial charge in [-0.15, -0.1) is 5.10 Å². The van der Waals surface area contributed by atoms with Crippen molar-refractivity contribution in [2.24, 2.45) is 0 Å². The van der Waals surface area contributed by atoms with E-state index in [0.717, 1.165) is 25.0 Å². The van der Waals surface area contributed by atoms with Crippen LogP contribution in [0.5, 0.6) is 0 Å². The topological polar surface area (TPSA) is 78.8 Å². The van der Waals surface area contributed by atoms with Crippen LogP contribution in [0.3, 0.4) is 0 Å². The molecule has 2 N–H and O–H groups in total. The van der Waals surface area contributed by atoms with Crippen molar-refractivity contribution in [2.75, 3.05) is 12.3 Å². The Morgan fingerprint density at radius 1 is 1.50 bits per heavy atom. The molecule has 3 rings (SSSR count). The van der Waals surface area contributed by atoms with Gasteiger partial charge in [0.25, 0.3) is 0 Å². The van der Waals surface area contributed by atoms with E-state index in [2.05, 4.69) is 22.4 Å². The van der Waals surface area contributed by atoms with Gasteiger partial charge in [0, 0.05) is 12.2 Å². The van der Waals surface area contributed by atoms with E-state index in [1.807, 2.05) is 6.07 Å². The average molecular weight is 294 g/mol. The van der Waals surface area contributed by atoms with Gasteiger partial charge in [0.05, 0.1) is 22.9 Å². The Kier molecular flexibility index (Phi) is 3.58. The predicted molar refractivity (Wildman–Crippen MR) is 76.4 cm³/mol. The van der Waals surface area contributed by atoms with Gasteiger partial charge in [-0.3, -0.25) is 0 Å². The summed E-state index contributed by atoms with van der Waals surface area (Å²) in [5.74, 6) is 0.676. The highest BCUT2D eigenvalue weighted by molar-refractivity contribution is 6.33. The molecule has 0 saturated carbocycles. The average Bonchev–Trinajstić information content (AvgIpc) is 3.11. The number of tetrazole rings is 1. The van der Waals surface area contributed by atoms with Crippen molar-refractivity contribution in [1.82, 2.24) is 20.2 Å². The molecule has 0 radical (unpaired) electrons. The third-order valence-electron chi connectivity index (χ3n) is 3.64. The fourth-order valence-electron chi connectivity index (χ4n) is 2.46. The molecule has 7 heteroatoms. The summed E-state index contributed by atoms with van der Waals surface area (Å²) in [6.07, 6.45) is 2.27. The number of nitrogen functional groups attached to an aromatic ring is 1. The van der Waals surface area contributed by atoms with Crippen LogP contribution in [-0.2, 0) is 4.74 Å². The fraction of sp³-hybridized carbons (Fsp3) is 0.462. The summed E-state index contributed by atoms with van der Waals surface area (Å²) < 4.78 is 7.50. The molecule has 20 heavy (non-hydrogen) atoms. The molecule has 2 unspecified atom stereocenters. The Morgan fingerprint density at radius 3 is 3.05 bits per heavy atom. The van der Waals surface area contributed by atoms with Crippen LogP contribution in [0.4, 0.5) is 5.69 Å². The highest BCUT2D eigenvalue weighted by Gasteiger charge is 2.27. The molecule has 1 saturated heterocycles. The van der Waals surface area contributed by atoms with Crippen LogP contribution in [-0.4, -0.2) is 32.9 Å². The Labute approximate surface area is 121 Å². The number of nitrogens with two attached hydrogens (primary N) is 1. The van der Waals surface area contributed by atoms with E-state index in [1.54, 1.807) is 16.8 Å². The normalized spacial score (nSPS) is 20.2. The first-order chi connectivity index (χ1) is 9.66. The minimum atomic E-state index is 0.0822. The van der Waals surface area contributed by atoms with Crippen molar-refractivity contribution in [1.29, 1.82) is 0 Å². The summed E-state index contributed by atoms with van der Waals surface area (Å²) in [5, 5.41) is 12.5. The molecule has 1 aromatic carbocycles. The van der Waals surface area contributed by atoms with Crippen LogP contribution in [0.2, 0.25) is 5.02 Å². The Morgan fingerprint density at radius 2 is 2.35 bits per heavy atom. The second kappa shape index (κ2) is 5.38. The molecule has 0 aliphatic carbocycles. The highest BCUT2D eigenvalue weighted by Crippen LogP contribution is 2.29. The summed E-state index contributed by atoms with van der Waals surface area (Å²) in [5.41, 5.74) is 7.12. The van der Waals surface area contributed by atoms with Crippen LogP contribution in [0.15, 0.2) is 18.2 Å². The Bertz CT molecular complexity index is 609. The van der Waals surface area contributed by atoms with E-state index in [9.17, 15) is 0 Å². The minimum Gasteiger partial charge on any atom is -0.398 e. The van der Waals surface area contributed by atoms with Crippen LogP contribution in [0.1, 0.15) is 25.8 Å². The van der Waals surface area contributed by atoms with Gasteiger partial charge in [0.2, 0.25) is 0 Å². The molecular weight excluding hydrogens is 278 g/mol. The lowest BCUT2D eigenvalue weighted by Crippen LogP contribution is -2.22. The molecule has 106 valence electrons. The van der Waals surface area contributed by atoms with Gasteiger partial charge in [0.1, 0.15) is 0 Å². The zero-order chi connectivity index (χ0) is 14.1. The van der Waals surface area contributed by atoms with Gasteiger partial charge in [-0.25, -0.2) is 4.68 Å². The number of halogens is 1. The van der Waals surface area contributed by atoms with Crippen molar-refractivity contribution in [3.63, 3.8) is 0 Å². The molecule has 0 spiro atoms. The molecule has 2 atom stereocenters. The second-order valence-corrected chi connectivity index (χ2v) is 5.38. The molecule has 2 heterocycles. The van der Waals surface area contributed by atoms with Crippen molar-refractivity contribution < 1.29 is 4.74 Å². The van der Waals surface area contributed by atoms with Crippen LogP contribution in [0.25, 0.3) is 11.4 Å². The summed E-state index contributed by atoms with van der Waals surface area (Å²) in [4.78, 5) is 0. The standard InChI is InChI=1S/C13H16ClN5O/c1-8(12-3-2-6-20-12)19-13(16-17-18-19)9-4-5-11(15)10(14)7-9/h4-5,7-8,12H,2-3,6,15H2,1H3. The van der Waals surface area contributed by atoms with E-state index < -0.39 is 0 Å². The smallest absolute Gasteiger partial charge is 0.182 e. The van der Waals surface area contributed by atoms with Gasteiger partial charge in [-0.2, -0.15) is 0 Å². The highest BCUT2D eigenvalue weighted by atomic mass is 35.5. The molecule has 1 aliphatic rings. The number of hydrogen-bond donors (Lipinski definition) is 1. The number of aromatic nitrogens is 4. The van der Waals surface area contributed by atoms with E-state index >= 15 is 0 Å². The van der Waals surface area contributed by atoms with E-state index in [1.165, 1.54) is 0 Å². The molecule has 0 amide bonds. The number of ether oxygens (including phenoxy) is 1. The lowest BCUT2D eigenvalue weighted by molar-refractivity contribution is 0.0690.